The summed E-state index contributed by atoms with van der Waals surface area (Å²) >= 11 is 6.61. The summed E-state index contributed by atoms with van der Waals surface area (Å²) in [6.45, 7) is 19.4. The number of hydrogen-bond donors (Lipinski definition) is 1. The minimum Gasteiger partial charge on any atom is -0.328 e. The maximum atomic E-state index is 13.5. The van der Waals surface area contributed by atoms with E-state index in [4.69, 9.17) is 18.2 Å². The average Bonchev–Trinajstić information content (AvgIpc) is 2.63. The van der Waals surface area contributed by atoms with Crippen molar-refractivity contribution in [3.05, 3.63) is 66.1 Å². The van der Waals surface area contributed by atoms with Crippen LogP contribution in [0, 0.1) is 23.8 Å². The molecule has 0 aliphatic heterocycles. The number of rotatable bonds is 6. The molecule has 4 nitrogen and oxygen atoms in total. The molecular formula is C21H23ClN2O2. The molecule has 1 amide bonds. The van der Waals surface area contributed by atoms with Gasteiger partial charge >= 0.3 is 0 Å². The Balaban J connectivity index is 2.59. The zero-order valence-corrected chi connectivity index (χ0v) is 15.8. The fourth-order valence-corrected chi connectivity index (χ4v) is 4.19. The Morgan fingerprint density at radius 2 is 2.12 bits per heavy atom. The molecule has 2 rings (SSSR count). The molecule has 0 saturated heterocycles. The molecule has 0 radical (unpaired) electrons. The van der Waals surface area contributed by atoms with Gasteiger partial charge in [-0.15, -0.1) is 18.2 Å². The number of allylic oxidation sites excluding steroid dienone is 1. The van der Waals surface area contributed by atoms with Crippen LogP contribution in [0.25, 0.3) is 4.85 Å². The van der Waals surface area contributed by atoms with E-state index in [2.05, 4.69) is 23.3 Å². The second kappa shape index (κ2) is 7.88. The minimum absolute atomic E-state index is 0.180. The number of nitrogens with one attached hydrogen (secondary N) is 1. The molecular weight excluding hydrogens is 348 g/mol. The molecule has 5 atom stereocenters. The van der Waals surface area contributed by atoms with Crippen molar-refractivity contribution in [3.63, 3.8) is 0 Å². The minimum atomic E-state index is -0.692. The van der Waals surface area contributed by atoms with E-state index in [1.165, 1.54) is 0 Å². The normalized spacial score (nSPS) is 30.7. The fourth-order valence-electron chi connectivity index (χ4n) is 3.78. The monoisotopic (exact) mass is 370 g/mol. The number of Topliss-reactive ketones (excluding diaryl/α,β-unsaturated/α-hetero) is 1. The summed E-state index contributed by atoms with van der Waals surface area (Å²) in [7, 11) is 0. The number of para-hydroxylation sites is 1. The van der Waals surface area contributed by atoms with Crippen LogP contribution in [0.5, 0.6) is 0 Å². The molecule has 1 saturated carbocycles. The van der Waals surface area contributed by atoms with Gasteiger partial charge < -0.3 is 10.2 Å². The van der Waals surface area contributed by atoms with Crippen molar-refractivity contribution in [2.45, 2.75) is 31.7 Å². The zero-order chi connectivity index (χ0) is 19.5. The Hall–Kier alpha value is -2.38. The lowest BCUT2D eigenvalue weighted by Crippen LogP contribution is -2.52. The fraction of sp³-hybridized carbons (Fsp3) is 0.381. The first-order valence-electron chi connectivity index (χ1n) is 8.44. The second-order valence-corrected chi connectivity index (χ2v) is 7.52. The molecule has 0 heterocycles. The molecule has 1 aromatic rings. The third-order valence-corrected chi connectivity index (χ3v) is 6.12. The number of nitrogens with zero attached hydrogens (tertiary/aromatic N) is 1. The summed E-state index contributed by atoms with van der Waals surface area (Å²) in [6, 6.07) is 6.17. The molecule has 5 heteroatoms. The number of carbonyl (C=O) groups is 2. The predicted octanol–water partition coefficient (Wildman–Crippen LogP) is 4.74. The second-order valence-electron chi connectivity index (χ2n) is 7.00. The van der Waals surface area contributed by atoms with Gasteiger partial charge in [0.15, 0.2) is 5.78 Å². The molecule has 26 heavy (non-hydrogen) atoms. The van der Waals surface area contributed by atoms with Gasteiger partial charge in [0.25, 0.3) is 0 Å². The molecule has 1 fully saturated rings. The number of ketones is 1. The highest BCUT2D eigenvalue weighted by molar-refractivity contribution is 6.21. The zero-order valence-electron chi connectivity index (χ0n) is 15.0. The Bertz CT molecular complexity index is 782. The van der Waals surface area contributed by atoms with E-state index >= 15 is 0 Å². The number of amides is 1. The van der Waals surface area contributed by atoms with Crippen LogP contribution in [0.3, 0.4) is 0 Å². The van der Waals surface area contributed by atoms with E-state index in [9.17, 15) is 9.59 Å². The third-order valence-electron chi connectivity index (χ3n) is 5.47. The van der Waals surface area contributed by atoms with Gasteiger partial charge in [0.1, 0.15) is 5.92 Å². The molecule has 1 N–H and O–H groups in total. The van der Waals surface area contributed by atoms with E-state index in [1.54, 1.807) is 30.3 Å². The maximum absolute atomic E-state index is 13.5. The third kappa shape index (κ3) is 3.32. The van der Waals surface area contributed by atoms with Crippen molar-refractivity contribution >= 4 is 29.5 Å². The standard InChI is InChI=1S/C21H23ClN2O2/c1-6-21(4)17(22)11-15(13(2)3)18(20(21)23-5)19(26)14-9-7-8-10-16(14)24-12-25/h6-10,12,15,17-18,20H,1-2,11H2,3-4H3,(H,24,25)/t15-,17-,18+,20-,21-/m1/s1. The van der Waals surface area contributed by atoms with Gasteiger partial charge in [0, 0.05) is 5.56 Å². The van der Waals surface area contributed by atoms with Crippen molar-refractivity contribution in [2.75, 3.05) is 5.32 Å². The largest absolute Gasteiger partial charge is 0.328 e. The van der Waals surface area contributed by atoms with E-state index in [0.29, 0.717) is 24.1 Å². The van der Waals surface area contributed by atoms with Crippen LogP contribution in [0.4, 0.5) is 5.69 Å². The van der Waals surface area contributed by atoms with Gasteiger partial charge in [0.05, 0.1) is 16.5 Å². The van der Waals surface area contributed by atoms with Crippen molar-refractivity contribution < 1.29 is 9.59 Å². The van der Waals surface area contributed by atoms with Gasteiger partial charge in [-0.1, -0.05) is 30.4 Å². The van der Waals surface area contributed by atoms with Gasteiger partial charge in [-0.3, -0.25) is 9.59 Å². The van der Waals surface area contributed by atoms with Crippen LogP contribution in [-0.4, -0.2) is 23.6 Å². The molecule has 136 valence electrons. The molecule has 1 aliphatic rings. The van der Waals surface area contributed by atoms with Gasteiger partial charge in [-0.2, -0.15) is 0 Å². The van der Waals surface area contributed by atoms with Crippen molar-refractivity contribution in [2.24, 2.45) is 17.3 Å². The quantitative estimate of drug-likeness (QED) is 0.258. The molecule has 0 spiro atoms. The summed E-state index contributed by atoms with van der Waals surface area (Å²) in [5, 5.41) is 2.26. The first-order valence-corrected chi connectivity index (χ1v) is 8.88. The first kappa shape index (κ1) is 19.9. The Kier molecular flexibility index (Phi) is 6.05. The van der Waals surface area contributed by atoms with Crippen molar-refractivity contribution in [1.29, 1.82) is 0 Å². The Morgan fingerprint density at radius 3 is 2.65 bits per heavy atom. The molecule has 1 aliphatic carbocycles. The lowest BCUT2D eigenvalue weighted by atomic mass is 9.59. The smallest absolute Gasteiger partial charge is 0.244 e. The Morgan fingerprint density at radius 1 is 1.46 bits per heavy atom. The number of anilines is 1. The number of benzene rings is 1. The summed E-state index contributed by atoms with van der Waals surface area (Å²) in [5.74, 6) is -0.986. The van der Waals surface area contributed by atoms with E-state index in [1.807, 2.05) is 13.8 Å². The average molecular weight is 371 g/mol. The van der Waals surface area contributed by atoms with Crippen LogP contribution < -0.4 is 5.32 Å². The van der Waals surface area contributed by atoms with Crippen molar-refractivity contribution in [1.82, 2.24) is 0 Å². The summed E-state index contributed by atoms with van der Waals surface area (Å²) < 4.78 is 0. The topological polar surface area (TPSA) is 50.5 Å². The number of alkyl halides is 1. The highest BCUT2D eigenvalue weighted by atomic mass is 35.5. The SMILES string of the molecule is [C-]#[N+][C@@H]1[C@H](C(=O)c2ccccc2NC=O)[C@@H](C(=C)C)C[C@@H](Cl)[C@@]1(C)C=C. The van der Waals surface area contributed by atoms with Gasteiger partial charge in [0.2, 0.25) is 12.5 Å². The van der Waals surface area contributed by atoms with Gasteiger partial charge in [-0.25, -0.2) is 6.57 Å². The van der Waals surface area contributed by atoms with E-state index < -0.39 is 17.4 Å². The summed E-state index contributed by atoms with van der Waals surface area (Å²) in [4.78, 5) is 28.2. The first-order chi connectivity index (χ1) is 12.3. The molecule has 0 unspecified atom stereocenters. The maximum Gasteiger partial charge on any atom is 0.244 e. The van der Waals surface area contributed by atoms with Crippen molar-refractivity contribution in [3.8, 4) is 0 Å². The number of halogens is 1. The lowest BCUT2D eigenvalue weighted by molar-refractivity contribution is -0.105. The predicted molar refractivity (Wildman–Crippen MR) is 105 cm³/mol. The van der Waals surface area contributed by atoms with Crippen LogP contribution in [0.1, 0.15) is 30.6 Å². The van der Waals surface area contributed by atoms with Crippen LogP contribution >= 0.6 is 11.6 Å². The van der Waals surface area contributed by atoms with E-state index in [-0.39, 0.29) is 17.1 Å². The Labute approximate surface area is 159 Å². The summed E-state index contributed by atoms with van der Waals surface area (Å²) in [5.41, 5.74) is 0.964. The lowest BCUT2D eigenvalue weighted by Gasteiger charge is -2.44. The molecule has 1 aromatic carbocycles. The van der Waals surface area contributed by atoms with E-state index in [0.717, 1.165) is 5.57 Å². The highest BCUT2D eigenvalue weighted by Gasteiger charge is 2.57. The summed E-state index contributed by atoms with van der Waals surface area (Å²) in [6.07, 6.45) is 2.78. The van der Waals surface area contributed by atoms with Crippen LogP contribution in [0.15, 0.2) is 49.1 Å². The number of carbonyl (C=O) groups excluding carboxylic acids is 2. The number of hydrogen-bond acceptors (Lipinski definition) is 2. The van der Waals surface area contributed by atoms with Crippen LogP contribution in [-0.2, 0) is 4.79 Å². The van der Waals surface area contributed by atoms with Crippen LogP contribution in [0.2, 0.25) is 0 Å². The highest BCUT2D eigenvalue weighted by Crippen LogP contribution is 2.50. The molecule has 0 aromatic heterocycles. The van der Waals surface area contributed by atoms with Gasteiger partial charge in [-0.05, 0) is 38.3 Å². The molecule has 0 bridgehead atoms.